The Balaban J connectivity index is 1.61. The first-order valence-corrected chi connectivity index (χ1v) is 11.4. The van der Waals surface area contributed by atoms with Crippen molar-refractivity contribution in [1.82, 2.24) is 14.8 Å². The van der Waals surface area contributed by atoms with Crippen molar-refractivity contribution < 1.29 is 19.0 Å². The lowest BCUT2D eigenvalue weighted by Gasteiger charge is -2.13. The number of anilines is 1. The van der Waals surface area contributed by atoms with Gasteiger partial charge in [-0.2, -0.15) is 0 Å². The van der Waals surface area contributed by atoms with Crippen molar-refractivity contribution in [3.63, 3.8) is 0 Å². The highest BCUT2D eigenvalue weighted by Gasteiger charge is 2.20. The lowest BCUT2D eigenvalue weighted by atomic mass is 10.2. The maximum absolute atomic E-state index is 12.8. The fraction of sp³-hybridized carbons (Fsp3) is 0.160. The second-order valence-corrected chi connectivity index (χ2v) is 8.02. The monoisotopic (exact) mass is 476 g/mol. The van der Waals surface area contributed by atoms with Crippen molar-refractivity contribution in [3.05, 3.63) is 72.8 Å². The molecule has 1 amide bonds. The minimum atomic E-state index is -0.210. The molecule has 0 bridgehead atoms. The lowest BCUT2D eigenvalue weighted by Crippen LogP contribution is -2.15. The van der Waals surface area contributed by atoms with Crippen LogP contribution in [0, 0.1) is 0 Å². The number of thioether (sulfide) groups is 1. The zero-order valence-corrected chi connectivity index (χ0v) is 19.8. The van der Waals surface area contributed by atoms with Crippen molar-refractivity contribution in [2.24, 2.45) is 0 Å². The third-order valence-electron chi connectivity index (χ3n) is 5.01. The minimum Gasteiger partial charge on any atom is -0.497 e. The van der Waals surface area contributed by atoms with Gasteiger partial charge in [0.15, 0.2) is 11.0 Å². The van der Waals surface area contributed by atoms with Gasteiger partial charge in [0.05, 0.1) is 38.3 Å². The molecule has 8 nitrogen and oxygen atoms in total. The summed E-state index contributed by atoms with van der Waals surface area (Å²) < 4.78 is 18.0. The molecular weight excluding hydrogens is 452 g/mol. The van der Waals surface area contributed by atoms with E-state index in [0.29, 0.717) is 33.9 Å². The number of methoxy groups -OCH3 is 3. The average Bonchev–Trinajstić information content (AvgIpc) is 3.31. The highest BCUT2D eigenvalue weighted by atomic mass is 32.2. The number of nitrogens with zero attached hydrogens (tertiary/aromatic N) is 3. The van der Waals surface area contributed by atoms with Crippen molar-refractivity contribution >= 4 is 23.4 Å². The molecule has 0 saturated carbocycles. The first-order chi connectivity index (χ1) is 16.6. The molecule has 1 aromatic heterocycles. The molecule has 0 aliphatic carbocycles. The zero-order chi connectivity index (χ0) is 23.9. The van der Waals surface area contributed by atoms with Crippen molar-refractivity contribution in [3.8, 4) is 34.3 Å². The number of carbonyl (C=O) groups is 1. The van der Waals surface area contributed by atoms with Crippen LogP contribution in [0.5, 0.6) is 17.2 Å². The Hall–Kier alpha value is -3.98. The molecule has 4 rings (SSSR count). The van der Waals surface area contributed by atoms with Crippen LogP contribution in [0.4, 0.5) is 5.69 Å². The summed E-state index contributed by atoms with van der Waals surface area (Å²) in [6.07, 6.45) is 0. The Morgan fingerprint density at radius 1 is 0.882 bits per heavy atom. The molecule has 0 aliphatic rings. The van der Waals surface area contributed by atoms with E-state index in [-0.39, 0.29) is 11.7 Å². The van der Waals surface area contributed by atoms with Crippen LogP contribution in [-0.2, 0) is 4.79 Å². The van der Waals surface area contributed by atoms with Crippen LogP contribution in [0.15, 0.2) is 78.0 Å². The number of hydrogen-bond acceptors (Lipinski definition) is 7. The third-order valence-corrected chi connectivity index (χ3v) is 5.94. The molecule has 0 spiro atoms. The Morgan fingerprint density at radius 2 is 1.62 bits per heavy atom. The van der Waals surface area contributed by atoms with Crippen LogP contribution in [0.25, 0.3) is 17.1 Å². The summed E-state index contributed by atoms with van der Waals surface area (Å²) in [7, 11) is 4.74. The van der Waals surface area contributed by atoms with Crippen LogP contribution in [-0.4, -0.2) is 47.8 Å². The number of para-hydroxylation sites is 2. The van der Waals surface area contributed by atoms with Crippen molar-refractivity contribution in [2.75, 3.05) is 32.4 Å². The van der Waals surface area contributed by atoms with Crippen molar-refractivity contribution in [2.45, 2.75) is 5.16 Å². The standard InChI is InChI=1S/C25H24N4O4S/c1-31-18-13-14-22(33-3)20(15-18)26-23(30)16-34-25-28-27-24(19-11-7-8-12-21(19)32-2)29(25)17-9-5-4-6-10-17/h4-15H,16H2,1-3H3,(H,26,30). The highest BCUT2D eigenvalue weighted by Crippen LogP contribution is 2.33. The number of nitrogens with one attached hydrogen (secondary N) is 1. The van der Waals surface area contributed by atoms with Crippen LogP contribution in [0.3, 0.4) is 0 Å². The van der Waals surface area contributed by atoms with E-state index in [1.807, 2.05) is 59.2 Å². The van der Waals surface area contributed by atoms with E-state index in [4.69, 9.17) is 14.2 Å². The van der Waals surface area contributed by atoms with Gasteiger partial charge in [0, 0.05) is 11.8 Å². The van der Waals surface area contributed by atoms with Crippen LogP contribution in [0.2, 0.25) is 0 Å². The van der Waals surface area contributed by atoms with Gasteiger partial charge in [-0.05, 0) is 36.4 Å². The van der Waals surface area contributed by atoms with Crippen LogP contribution < -0.4 is 19.5 Å². The van der Waals surface area contributed by atoms with E-state index in [1.54, 1.807) is 39.5 Å². The molecule has 1 N–H and O–H groups in total. The van der Waals surface area contributed by atoms with E-state index in [1.165, 1.54) is 11.8 Å². The Kier molecular flexibility index (Phi) is 7.34. The van der Waals surface area contributed by atoms with E-state index in [2.05, 4.69) is 15.5 Å². The summed E-state index contributed by atoms with van der Waals surface area (Å²) in [5.74, 6) is 2.39. The molecule has 1 heterocycles. The number of carbonyl (C=O) groups excluding carboxylic acids is 1. The first-order valence-electron chi connectivity index (χ1n) is 10.4. The number of benzene rings is 3. The molecule has 0 atom stereocenters. The van der Waals surface area contributed by atoms with Gasteiger partial charge < -0.3 is 19.5 Å². The van der Waals surface area contributed by atoms with Gasteiger partial charge in [-0.3, -0.25) is 9.36 Å². The summed E-state index contributed by atoms with van der Waals surface area (Å²) >= 11 is 1.29. The van der Waals surface area contributed by atoms with Gasteiger partial charge in [-0.1, -0.05) is 42.1 Å². The topological polar surface area (TPSA) is 87.5 Å². The summed E-state index contributed by atoms with van der Waals surface area (Å²) in [6, 6.07) is 22.6. The van der Waals surface area contributed by atoms with Crippen molar-refractivity contribution in [1.29, 1.82) is 0 Å². The van der Waals surface area contributed by atoms with Gasteiger partial charge in [-0.25, -0.2) is 0 Å². The highest BCUT2D eigenvalue weighted by molar-refractivity contribution is 7.99. The van der Waals surface area contributed by atoms with Gasteiger partial charge >= 0.3 is 0 Å². The van der Waals surface area contributed by atoms with Gasteiger partial charge in [0.25, 0.3) is 0 Å². The lowest BCUT2D eigenvalue weighted by molar-refractivity contribution is -0.113. The number of rotatable bonds is 9. The Morgan fingerprint density at radius 3 is 2.35 bits per heavy atom. The number of hydrogen-bond donors (Lipinski definition) is 1. The molecule has 3 aromatic carbocycles. The van der Waals surface area contributed by atoms with E-state index in [0.717, 1.165) is 11.3 Å². The molecule has 174 valence electrons. The zero-order valence-electron chi connectivity index (χ0n) is 19.0. The molecule has 0 saturated heterocycles. The molecule has 0 aliphatic heterocycles. The maximum Gasteiger partial charge on any atom is 0.234 e. The molecule has 4 aromatic rings. The van der Waals surface area contributed by atoms with Gasteiger partial charge in [0.2, 0.25) is 5.91 Å². The van der Waals surface area contributed by atoms with Crippen LogP contribution >= 0.6 is 11.8 Å². The number of aromatic nitrogens is 3. The normalized spacial score (nSPS) is 10.6. The quantitative estimate of drug-likeness (QED) is 0.351. The second kappa shape index (κ2) is 10.8. The summed E-state index contributed by atoms with van der Waals surface area (Å²) in [5.41, 5.74) is 2.22. The second-order valence-electron chi connectivity index (χ2n) is 7.08. The van der Waals surface area contributed by atoms with E-state index < -0.39 is 0 Å². The average molecular weight is 477 g/mol. The first kappa shape index (κ1) is 23.2. The predicted octanol–water partition coefficient (Wildman–Crippen LogP) is 4.69. The summed E-state index contributed by atoms with van der Waals surface area (Å²) in [6.45, 7) is 0. The fourth-order valence-electron chi connectivity index (χ4n) is 3.41. The molecule has 0 radical (unpaired) electrons. The smallest absolute Gasteiger partial charge is 0.234 e. The number of amides is 1. The predicted molar refractivity (Wildman–Crippen MR) is 132 cm³/mol. The Bertz CT molecular complexity index is 1280. The minimum absolute atomic E-state index is 0.122. The van der Waals surface area contributed by atoms with Gasteiger partial charge in [0.1, 0.15) is 17.2 Å². The SMILES string of the molecule is COc1ccc(OC)c(NC(=O)CSc2nnc(-c3ccccc3OC)n2-c2ccccc2)c1. The maximum atomic E-state index is 12.8. The third kappa shape index (κ3) is 4.99. The number of ether oxygens (including phenoxy) is 3. The molecule has 9 heteroatoms. The fourth-order valence-corrected chi connectivity index (χ4v) is 4.16. The molecular formula is C25H24N4O4S. The summed E-state index contributed by atoms with van der Waals surface area (Å²) in [5, 5.41) is 12.3. The largest absolute Gasteiger partial charge is 0.497 e. The molecule has 0 fully saturated rings. The van der Waals surface area contributed by atoms with Crippen LogP contribution in [0.1, 0.15) is 0 Å². The van der Waals surface area contributed by atoms with Gasteiger partial charge in [-0.15, -0.1) is 10.2 Å². The molecule has 34 heavy (non-hydrogen) atoms. The van der Waals surface area contributed by atoms with E-state index in [9.17, 15) is 4.79 Å². The van der Waals surface area contributed by atoms with E-state index >= 15 is 0 Å². The Labute approximate surface area is 201 Å². The molecule has 0 unspecified atom stereocenters. The summed E-state index contributed by atoms with van der Waals surface area (Å²) in [4.78, 5) is 12.8.